The maximum atomic E-state index is 4.11. The van der Waals surface area contributed by atoms with Crippen LogP contribution in [0.25, 0.3) is 0 Å². The second-order valence-corrected chi connectivity index (χ2v) is 5.22. The van der Waals surface area contributed by atoms with Gasteiger partial charge in [-0.15, -0.1) is 23.7 Å². The first-order valence-electron chi connectivity index (χ1n) is 5.63. The fourth-order valence-corrected chi connectivity index (χ4v) is 2.81. The van der Waals surface area contributed by atoms with Crippen molar-refractivity contribution in [2.75, 3.05) is 26.7 Å². The number of likely N-dealkylation sites (tertiary alicyclic amines) is 1. The predicted octanol–water partition coefficient (Wildman–Crippen LogP) is 2.00. The van der Waals surface area contributed by atoms with Crippen LogP contribution in [0.3, 0.4) is 0 Å². The highest BCUT2D eigenvalue weighted by atomic mass is 35.5. The van der Waals surface area contributed by atoms with Crippen LogP contribution in [0.5, 0.6) is 0 Å². The molecule has 0 saturated carbocycles. The Labute approximate surface area is 108 Å². The molecule has 1 saturated heterocycles. The number of rotatable bonds is 4. The first-order chi connectivity index (χ1) is 7.38. The van der Waals surface area contributed by atoms with Crippen LogP contribution in [-0.2, 0) is 6.54 Å². The first kappa shape index (κ1) is 13.9. The van der Waals surface area contributed by atoms with Gasteiger partial charge in [0.25, 0.3) is 0 Å². The van der Waals surface area contributed by atoms with Crippen molar-refractivity contribution in [2.45, 2.75) is 19.4 Å². The molecular formula is C11H20ClN3S. The summed E-state index contributed by atoms with van der Waals surface area (Å²) in [4.78, 5) is 8.05. The zero-order chi connectivity index (χ0) is 10.5. The molecule has 1 aromatic heterocycles. The van der Waals surface area contributed by atoms with E-state index in [-0.39, 0.29) is 12.4 Å². The van der Waals surface area contributed by atoms with E-state index in [0.717, 1.165) is 12.5 Å². The van der Waals surface area contributed by atoms with E-state index in [1.165, 1.54) is 37.4 Å². The largest absolute Gasteiger partial charge is 0.319 e. The van der Waals surface area contributed by atoms with E-state index >= 15 is 0 Å². The average Bonchev–Trinajstić information content (AvgIpc) is 2.74. The molecular weight excluding hydrogens is 242 g/mol. The summed E-state index contributed by atoms with van der Waals surface area (Å²) in [7, 11) is 2.05. The first-order valence-corrected chi connectivity index (χ1v) is 6.51. The molecule has 2 rings (SSSR count). The Hall–Kier alpha value is -0.160. The van der Waals surface area contributed by atoms with Crippen molar-refractivity contribution in [3.63, 3.8) is 0 Å². The molecule has 0 spiro atoms. The third kappa shape index (κ3) is 4.01. The number of thiazole rings is 1. The van der Waals surface area contributed by atoms with Crippen LogP contribution in [0.1, 0.15) is 17.7 Å². The van der Waals surface area contributed by atoms with E-state index in [4.69, 9.17) is 0 Å². The van der Waals surface area contributed by atoms with Crippen molar-refractivity contribution in [3.8, 4) is 0 Å². The molecule has 1 aromatic rings. The van der Waals surface area contributed by atoms with E-state index in [1.54, 1.807) is 11.3 Å². The third-order valence-corrected chi connectivity index (χ3v) is 3.83. The summed E-state index contributed by atoms with van der Waals surface area (Å²) in [6.45, 7) is 4.75. The molecule has 0 unspecified atom stereocenters. The Morgan fingerprint density at radius 3 is 2.81 bits per heavy atom. The molecule has 0 aromatic carbocycles. The Bertz CT molecular complexity index is 271. The molecule has 1 aliphatic rings. The van der Waals surface area contributed by atoms with E-state index < -0.39 is 0 Å². The summed E-state index contributed by atoms with van der Waals surface area (Å²) in [5, 5.41) is 3.27. The molecule has 1 aliphatic heterocycles. The highest BCUT2D eigenvalue weighted by Gasteiger charge is 2.18. The van der Waals surface area contributed by atoms with Gasteiger partial charge in [0.05, 0.1) is 5.51 Å². The molecule has 0 aliphatic carbocycles. The minimum absolute atomic E-state index is 0. The highest BCUT2D eigenvalue weighted by molar-refractivity contribution is 7.09. The van der Waals surface area contributed by atoms with Crippen LogP contribution >= 0.6 is 23.7 Å². The number of nitrogens with one attached hydrogen (secondary N) is 1. The van der Waals surface area contributed by atoms with Crippen molar-refractivity contribution >= 4 is 23.7 Å². The van der Waals surface area contributed by atoms with E-state index in [1.807, 2.05) is 18.8 Å². The van der Waals surface area contributed by atoms with Crippen LogP contribution in [0.4, 0.5) is 0 Å². The summed E-state index contributed by atoms with van der Waals surface area (Å²) in [5.41, 5.74) is 1.92. The molecule has 2 heterocycles. The van der Waals surface area contributed by atoms with Gasteiger partial charge in [0.15, 0.2) is 0 Å². The molecule has 0 amide bonds. The SMILES string of the molecule is CNCC1CCN(Cc2cncs2)CC1.Cl. The third-order valence-electron chi connectivity index (χ3n) is 3.06. The lowest BCUT2D eigenvalue weighted by atomic mass is 9.97. The molecule has 0 radical (unpaired) electrons. The molecule has 5 heteroatoms. The van der Waals surface area contributed by atoms with Crippen molar-refractivity contribution in [1.29, 1.82) is 0 Å². The number of piperidine rings is 1. The summed E-state index contributed by atoms with van der Waals surface area (Å²) in [6.07, 6.45) is 4.66. The molecule has 16 heavy (non-hydrogen) atoms. The van der Waals surface area contributed by atoms with Gasteiger partial charge in [-0.2, -0.15) is 0 Å². The predicted molar refractivity (Wildman–Crippen MR) is 71.3 cm³/mol. The molecule has 0 bridgehead atoms. The molecule has 1 fully saturated rings. The van der Waals surface area contributed by atoms with Gasteiger partial charge in [0, 0.05) is 17.6 Å². The number of hydrogen-bond acceptors (Lipinski definition) is 4. The lowest BCUT2D eigenvalue weighted by molar-refractivity contribution is 0.178. The number of hydrogen-bond donors (Lipinski definition) is 1. The van der Waals surface area contributed by atoms with Crippen molar-refractivity contribution in [2.24, 2.45) is 5.92 Å². The van der Waals surface area contributed by atoms with Gasteiger partial charge in [-0.1, -0.05) is 0 Å². The van der Waals surface area contributed by atoms with Gasteiger partial charge >= 0.3 is 0 Å². The monoisotopic (exact) mass is 261 g/mol. The van der Waals surface area contributed by atoms with Gasteiger partial charge in [0.1, 0.15) is 0 Å². The van der Waals surface area contributed by atoms with Crippen LogP contribution in [-0.4, -0.2) is 36.6 Å². The Morgan fingerprint density at radius 1 is 1.50 bits per heavy atom. The average molecular weight is 262 g/mol. The molecule has 92 valence electrons. The van der Waals surface area contributed by atoms with Crippen molar-refractivity contribution in [1.82, 2.24) is 15.2 Å². The summed E-state index contributed by atoms with van der Waals surface area (Å²) >= 11 is 1.76. The standard InChI is InChI=1S/C11H19N3S.ClH/c1-12-6-10-2-4-14(5-3-10)8-11-7-13-9-15-11;/h7,9-10,12H,2-6,8H2,1H3;1H. The number of nitrogens with zero attached hydrogens (tertiary/aromatic N) is 2. The fourth-order valence-electron chi connectivity index (χ4n) is 2.18. The van der Waals surface area contributed by atoms with Gasteiger partial charge < -0.3 is 5.32 Å². The zero-order valence-corrected chi connectivity index (χ0v) is 11.3. The van der Waals surface area contributed by atoms with Crippen LogP contribution in [0.15, 0.2) is 11.7 Å². The highest BCUT2D eigenvalue weighted by Crippen LogP contribution is 2.19. The lowest BCUT2D eigenvalue weighted by Crippen LogP contribution is -2.36. The summed E-state index contributed by atoms with van der Waals surface area (Å²) in [6, 6.07) is 0. The minimum atomic E-state index is 0. The Balaban J connectivity index is 0.00000128. The normalized spacial score (nSPS) is 18.3. The summed E-state index contributed by atoms with van der Waals surface area (Å²) in [5.74, 6) is 0.882. The number of aromatic nitrogens is 1. The Morgan fingerprint density at radius 2 is 2.25 bits per heavy atom. The second-order valence-electron chi connectivity index (χ2n) is 4.24. The number of halogens is 1. The topological polar surface area (TPSA) is 28.2 Å². The van der Waals surface area contributed by atoms with Gasteiger partial charge in [-0.05, 0) is 45.4 Å². The molecule has 0 atom stereocenters. The zero-order valence-electron chi connectivity index (χ0n) is 9.69. The van der Waals surface area contributed by atoms with E-state index in [0.29, 0.717) is 0 Å². The van der Waals surface area contributed by atoms with Crippen molar-refractivity contribution in [3.05, 3.63) is 16.6 Å². The fraction of sp³-hybridized carbons (Fsp3) is 0.727. The summed E-state index contributed by atoms with van der Waals surface area (Å²) < 4.78 is 0. The van der Waals surface area contributed by atoms with Crippen LogP contribution in [0.2, 0.25) is 0 Å². The molecule has 1 N–H and O–H groups in total. The van der Waals surface area contributed by atoms with Crippen molar-refractivity contribution < 1.29 is 0 Å². The van der Waals surface area contributed by atoms with Crippen LogP contribution < -0.4 is 5.32 Å². The van der Waals surface area contributed by atoms with Gasteiger partial charge in [-0.25, -0.2) is 0 Å². The quantitative estimate of drug-likeness (QED) is 0.899. The van der Waals surface area contributed by atoms with E-state index in [9.17, 15) is 0 Å². The lowest BCUT2D eigenvalue weighted by Gasteiger charge is -2.31. The maximum Gasteiger partial charge on any atom is 0.0794 e. The smallest absolute Gasteiger partial charge is 0.0794 e. The van der Waals surface area contributed by atoms with E-state index in [2.05, 4.69) is 15.2 Å². The van der Waals surface area contributed by atoms with Crippen LogP contribution in [0, 0.1) is 5.92 Å². The second kappa shape index (κ2) is 7.22. The Kier molecular flexibility index (Phi) is 6.28. The van der Waals surface area contributed by atoms with Gasteiger partial charge in [0.2, 0.25) is 0 Å². The maximum absolute atomic E-state index is 4.11. The minimum Gasteiger partial charge on any atom is -0.319 e. The molecule has 3 nitrogen and oxygen atoms in total. The van der Waals surface area contributed by atoms with Gasteiger partial charge in [-0.3, -0.25) is 9.88 Å².